The van der Waals surface area contributed by atoms with Crippen molar-refractivity contribution in [2.24, 2.45) is 0 Å². The molecule has 2 aromatic rings. The lowest BCUT2D eigenvalue weighted by molar-refractivity contribution is 0.183. The van der Waals surface area contributed by atoms with Crippen LogP contribution in [0.5, 0.6) is 5.88 Å². The van der Waals surface area contributed by atoms with Crippen LogP contribution in [-0.4, -0.2) is 52.9 Å². The quantitative estimate of drug-likeness (QED) is 0.910. The fourth-order valence-corrected chi connectivity index (χ4v) is 5.10. The summed E-state index contributed by atoms with van der Waals surface area (Å²) in [6, 6.07) is 6.87. The van der Waals surface area contributed by atoms with E-state index in [4.69, 9.17) is 0 Å². The van der Waals surface area contributed by atoms with Crippen molar-refractivity contribution in [3.8, 4) is 5.88 Å². The third kappa shape index (κ3) is 2.58. The Bertz CT molecular complexity index is 967. The van der Waals surface area contributed by atoms with E-state index in [2.05, 4.69) is 23.4 Å². The number of hydrogen-bond acceptors (Lipinski definition) is 5. The summed E-state index contributed by atoms with van der Waals surface area (Å²) in [5.41, 5.74) is 0.991. The van der Waals surface area contributed by atoms with Crippen molar-refractivity contribution < 1.29 is 13.5 Å². The van der Waals surface area contributed by atoms with Gasteiger partial charge in [-0.15, -0.1) is 0 Å². The van der Waals surface area contributed by atoms with Gasteiger partial charge in [-0.05, 0) is 25.8 Å². The molecule has 1 aliphatic heterocycles. The zero-order chi connectivity index (χ0) is 17.8. The summed E-state index contributed by atoms with van der Waals surface area (Å²) in [5.74, 6) is -0.162. The monoisotopic (exact) mass is 359 g/mol. The standard InChI is InChI=1S/C18H21N3O3S/c1-13-12-20(9-10-21(13)18(2)7-8-18)25(23,24)16-11-19-17(22)15-6-4-3-5-14(15)16/h3-6,11H,1,7-10,12H2,2H3,(H,19,22). The Morgan fingerprint density at radius 2 is 1.88 bits per heavy atom. The van der Waals surface area contributed by atoms with Crippen LogP contribution in [0.4, 0.5) is 0 Å². The van der Waals surface area contributed by atoms with Crippen LogP contribution in [0.1, 0.15) is 19.8 Å². The van der Waals surface area contributed by atoms with Crippen LogP contribution in [0.25, 0.3) is 10.8 Å². The van der Waals surface area contributed by atoms with Crippen molar-refractivity contribution in [3.05, 3.63) is 42.7 Å². The van der Waals surface area contributed by atoms with E-state index in [1.165, 1.54) is 10.5 Å². The van der Waals surface area contributed by atoms with Gasteiger partial charge in [-0.3, -0.25) is 0 Å². The highest BCUT2D eigenvalue weighted by Gasteiger charge is 2.46. The molecule has 1 N–H and O–H groups in total. The minimum atomic E-state index is -3.71. The first kappa shape index (κ1) is 16.4. The van der Waals surface area contributed by atoms with Crippen molar-refractivity contribution in [1.82, 2.24) is 14.2 Å². The van der Waals surface area contributed by atoms with E-state index in [1.807, 2.05) is 0 Å². The fraction of sp³-hybridized carbons (Fsp3) is 0.389. The maximum Gasteiger partial charge on any atom is 0.245 e. The molecule has 0 spiro atoms. The number of sulfonamides is 1. The number of hydrogen-bond donors (Lipinski definition) is 1. The van der Waals surface area contributed by atoms with Crippen LogP contribution in [0.3, 0.4) is 0 Å². The average molecular weight is 359 g/mol. The number of benzene rings is 1. The number of pyridine rings is 1. The van der Waals surface area contributed by atoms with Gasteiger partial charge in [0.15, 0.2) is 0 Å². The van der Waals surface area contributed by atoms with E-state index >= 15 is 0 Å². The lowest BCUT2D eigenvalue weighted by Gasteiger charge is -2.41. The predicted molar refractivity (Wildman–Crippen MR) is 95.7 cm³/mol. The molecular weight excluding hydrogens is 338 g/mol. The Labute approximate surface area is 147 Å². The molecule has 2 fully saturated rings. The molecule has 0 bridgehead atoms. The highest BCUT2D eigenvalue weighted by Crippen LogP contribution is 2.44. The molecule has 0 amide bonds. The maximum atomic E-state index is 13.2. The molecule has 1 aromatic carbocycles. The van der Waals surface area contributed by atoms with E-state index in [0.717, 1.165) is 18.5 Å². The smallest absolute Gasteiger partial charge is 0.245 e. The first-order valence-corrected chi connectivity index (χ1v) is 9.79. The number of aromatic nitrogens is 1. The van der Waals surface area contributed by atoms with Gasteiger partial charge in [-0.2, -0.15) is 4.31 Å². The van der Waals surface area contributed by atoms with Crippen molar-refractivity contribution in [3.63, 3.8) is 0 Å². The van der Waals surface area contributed by atoms with Crippen LogP contribution in [0.2, 0.25) is 0 Å². The van der Waals surface area contributed by atoms with Crippen molar-refractivity contribution in [2.75, 3.05) is 19.6 Å². The summed E-state index contributed by atoms with van der Waals surface area (Å²) in [4.78, 5) is 6.24. The summed E-state index contributed by atoms with van der Waals surface area (Å²) in [6.45, 7) is 7.65. The van der Waals surface area contributed by atoms with Gasteiger partial charge < -0.3 is 10.0 Å². The molecule has 0 unspecified atom stereocenters. The highest BCUT2D eigenvalue weighted by molar-refractivity contribution is 7.89. The molecule has 1 saturated carbocycles. The van der Waals surface area contributed by atoms with Gasteiger partial charge in [0.05, 0.1) is 12.7 Å². The third-order valence-corrected chi connectivity index (χ3v) is 7.17. The second-order valence-corrected chi connectivity index (χ2v) is 8.95. The van der Waals surface area contributed by atoms with E-state index in [1.54, 1.807) is 24.3 Å². The molecule has 0 radical (unpaired) electrons. The van der Waals surface area contributed by atoms with Crippen LogP contribution in [0, 0.1) is 0 Å². The lowest BCUT2D eigenvalue weighted by Crippen LogP contribution is -2.50. The van der Waals surface area contributed by atoms with Crippen LogP contribution in [0.15, 0.2) is 47.6 Å². The largest absolute Gasteiger partial charge is 0.493 e. The number of rotatable bonds is 3. The van der Waals surface area contributed by atoms with Gasteiger partial charge in [0.25, 0.3) is 0 Å². The number of piperazine rings is 1. The molecule has 6 nitrogen and oxygen atoms in total. The molecule has 1 aromatic heterocycles. The number of nitrogens with zero attached hydrogens (tertiary/aromatic N) is 3. The topological polar surface area (TPSA) is 73.7 Å². The summed E-state index contributed by atoms with van der Waals surface area (Å²) in [5, 5.41) is 10.8. The summed E-state index contributed by atoms with van der Waals surface area (Å²) >= 11 is 0. The van der Waals surface area contributed by atoms with E-state index in [-0.39, 0.29) is 22.9 Å². The average Bonchev–Trinajstić information content (AvgIpc) is 3.33. The SMILES string of the molecule is C=C1CN(S(=O)(=O)c2cnc(O)c3ccccc23)CCN1C1(C)CC1. The number of fused-ring (bicyclic) bond motifs is 1. The predicted octanol–water partition coefficient (Wildman–Crippen LogP) is 2.31. The maximum absolute atomic E-state index is 13.2. The van der Waals surface area contributed by atoms with Crippen molar-refractivity contribution >= 4 is 20.8 Å². The minimum Gasteiger partial charge on any atom is -0.493 e. The van der Waals surface area contributed by atoms with E-state index in [9.17, 15) is 13.5 Å². The van der Waals surface area contributed by atoms with E-state index < -0.39 is 10.0 Å². The molecule has 1 aliphatic carbocycles. The van der Waals surface area contributed by atoms with Gasteiger partial charge in [0, 0.05) is 35.1 Å². The van der Waals surface area contributed by atoms with Gasteiger partial charge in [0.1, 0.15) is 4.90 Å². The zero-order valence-corrected chi connectivity index (χ0v) is 15.0. The second-order valence-electron chi connectivity index (χ2n) is 7.05. The van der Waals surface area contributed by atoms with Crippen LogP contribution in [-0.2, 0) is 10.0 Å². The molecule has 0 atom stereocenters. The fourth-order valence-electron chi connectivity index (χ4n) is 3.54. The molecule has 4 rings (SSSR count). The molecule has 2 aliphatic rings. The third-order valence-electron chi connectivity index (χ3n) is 5.29. The molecule has 132 valence electrons. The zero-order valence-electron chi connectivity index (χ0n) is 14.1. The van der Waals surface area contributed by atoms with Gasteiger partial charge >= 0.3 is 0 Å². The van der Waals surface area contributed by atoms with Crippen LogP contribution < -0.4 is 0 Å². The Morgan fingerprint density at radius 3 is 2.52 bits per heavy atom. The van der Waals surface area contributed by atoms with Gasteiger partial charge in [0.2, 0.25) is 15.9 Å². The molecule has 25 heavy (non-hydrogen) atoms. The summed E-state index contributed by atoms with van der Waals surface area (Å²) in [6.07, 6.45) is 3.50. The Hall–Kier alpha value is -2.12. The van der Waals surface area contributed by atoms with Crippen molar-refractivity contribution in [1.29, 1.82) is 0 Å². The lowest BCUT2D eigenvalue weighted by atomic mass is 10.2. The number of aromatic hydroxyl groups is 1. The second kappa shape index (κ2) is 5.44. The molecule has 2 heterocycles. The van der Waals surface area contributed by atoms with Crippen molar-refractivity contribution in [2.45, 2.75) is 30.2 Å². The van der Waals surface area contributed by atoms with E-state index in [0.29, 0.717) is 23.9 Å². The molecular formula is C18H21N3O3S. The Morgan fingerprint density at radius 1 is 1.20 bits per heavy atom. The Balaban J connectivity index is 1.69. The first-order valence-electron chi connectivity index (χ1n) is 8.35. The molecule has 1 saturated heterocycles. The highest BCUT2D eigenvalue weighted by atomic mass is 32.2. The minimum absolute atomic E-state index is 0.125. The summed E-state index contributed by atoms with van der Waals surface area (Å²) < 4.78 is 27.8. The van der Waals surface area contributed by atoms with Gasteiger partial charge in [-0.1, -0.05) is 24.8 Å². The first-order chi connectivity index (χ1) is 11.8. The van der Waals surface area contributed by atoms with Gasteiger partial charge in [-0.25, -0.2) is 13.4 Å². The normalized spacial score (nSPS) is 20.8. The molecule has 7 heteroatoms. The van der Waals surface area contributed by atoms with Crippen LogP contribution >= 0.6 is 0 Å². The Kier molecular flexibility index (Phi) is 3.56. The summed E-state index contributed by atoms with van der Waals surface area (Å²) in [7, 11) is -3.71.